The Labute approximate surface area is 91.0 Å². The van der Waals surface area contributed by atoms with Crippen molar-refractivity contribution in [3.05, 3.63) is 33.8 Å². The van der Waals surface area contributed by atoms with Gasteiger partial charge >= 0.3 is 6.09 Å². The first-order chi connectivity index (χ1) is 6.65. The Hall–Kier alpha value is -0.930. The topological polar surface area (TPSA) is 38.3 Å². The zero-order chi connectivity index (χ0) is 10.1. The minimum atomic E-state index is -0.411. The smallest absolute Gasteiger partial charge is 0.407 e. The van der Waals surface area contributed by atoms with Crippen LogP contribution in [0.25, 0.3) is 0 Å². The Morgan fingerprint density at radius 1 is 1.29 bits per heavy atom. The van der Waals surface area contributed by atoms with Gasteiger partial charge in [-0.3, -0.25) is 0 Å². The summed E-state index contributed by atoms with van der Waals surface area (Å²) in [5.74, 6) is 0. The van der Waals surface area contributed by atoms with E-state index in [0.717, 1.165) is 5.56 Å². The van der Waals surface area contributed by atoms with Crippen LogP contribution in [0.1, 0.15) is 11.6 Å². The molecule has 1 atom stereocenters. The van der Waals surface area contributed by atoms with E-state index in [9.17, 15) is 4.79 Å². The zero-order valence-corrected chi connectivity index (χ0v) is 8.60. The van der Waals surface area contributed by atoms with Crippen molar-refractivity contribution in [2.24, 2.45) is 0 Å². The minimum Gasteiger partial charge on any atom is -0.447 e. The molecule has 74 valence electrons. The van der Waals surface area contributed by atoms with Crippen LogP contribution in [0.5, 0.6) is 0 Å². The second kappa shape index (κ2) is 3.67. The van der Waals surface area contributed by atoms with Gasteiger partial charge in [-0.1, -0.05) is 23.2 Å². The molecule has 3 nitrogen and oxygen atoms in total. The van der Waals surface area contributed by atoms with Crippen LogP contribution in [-0.2, 0) is 4.74 Å². The number of rotatable bonds is 1. The molecule has 5 heteroatoms. The van der Waals surface area contributed by atoms with Crippen LogP contribution in [0.3, 0.4) is 0 Å². The van der Waals surface area contributed by atoms with Gasteiger partial charge in [0.05, 0.1) is 6.04 Å². The number of halogens is 2. The second-order valence-corrected chi connectivity index (χ2v) is 3.87. The Morgan fingerprint density at radius 2 is 1.93 bits per heavy atom. The summed E-state index contributed by atoms with van der Waals surface area (Å²) in [7, 11) is 0. The first-order valence-corrected chi connectivity index (χ1v) is 4.80. The van der Waals surface area contributed by atoms with Gasteiger partial charge in [-0.05, 0) is 23.8 Å². The van der Waals surface area contributed by atoms with E-state index >= 15 is 0 Å². The van der Waals surface area contributed by atoms with Gasteiger partial charge in [0.2, 0.25) is 0 Å². The number of cyclic esters (lactones) is 1. The summed E-state index contributed by atoms with van der Waals surface area (Å²) in [5.41, 5.74) is 0.855. The number of carbonyl (C=O) groups excluding carboxylic acids is 1. The van der Waals surface area contributed by atoms with Crippen LogP contribution in [-0.4, -0.2) is 12.7 Å². The van der Waals surface area contributed by atoms with E-state index < -0.39 is 6.09 Å². The highest BCUT2D eigenvalue weighted by Crippen LogP contribution is 2.25. The number of hydrogen-bond donors (Lipinski definition) is 1. The highest BCUT2D eigenvalue weighted by atomic mass is 35.5. The van der Waals surface area contributed by atoms with Gasteiger partial charge in [-0.25, -0.2) is 4.79 Å². The summed E-state index contributed by atoms with van der Waals surface area (Å²) in [5, 5.41) is 3.75. The maximum absolute atomic E-state index is 10.8. The minimum absolute atomic E-state index is 0.154. The average Bonchev–Trinajstić information content (AvgIpc) is 2.50. The van der Waals surface area contributed by atoms with Crippen molar-refractivity contribution in [1.29, 1.82) is 0 Å². The standard InChI is InChI=1S/C9H7Cl2NO2/c10-6-1-5(2-7(11)3-6)8-4-14-9(13)12-8/h1-3,8H,4H2,(H,12,13)/t8-/m0/s1. The van der Waals surface area contributed by atoms with Crippen LogP contribution in [0.4, 0.5) is 4.79 Å². The molecule has 1 saturated heterocycles. The average molecular weight is 232 g/mol. The molecular formula is C9H7Cl2NO2. The molecule has 0 aliphatic carbocycles. The lowest BCUT2D eigenvalue weighted by Crippen LogP contribution is -2.18. The Balaban J connectivity index is 2.27. The van der Waals surface area contributed by atoms with Crippen molar-refractivity contribution in [3.63, 3.8) is 0 Å². The zero-order valence-electron chi connectivity index (χ0n) is 7.09. The van der Waals surface area contributed by atoms with Crippen LogP contribution in [0.15, 0.2) is 18.2 Å². The van der Waals surface area contributed by atoms with Crippen molar-refractivity contribution in [3.8, 4) is 0 Å². The predicted octanol–water partition coefficient (Wildman–Crippen LogP) is 2.77. The van der Waals surface area contributed by atoms with Gasteiger partial charge in [0.1, 0.15) is 6.61 Å². The molecular weight excluding hydrogens is 225 g/mol. The molecule has 0 aromatic heterocycles. The summed E-state index contributed by atoms with van der Waals surface area (Å²) in [6.07, 6.45) is -0.411. The van der Waals surface area contributed by atoms with E-state index in [0.29, 0.717) is 16.7 Å². The number of ether oxygens (including phenoxy) is 1. The van der Waals surface area contributed by atoms with Gasteiger partial charge in [-0.15, -0.1) is 0 Å². The molecule has 1 aliphatic heterocycles. The molecule has 1 aromatic carbocycles. The van der Waals surface area contributed by atoms with E-state index in [1.807, 2.05) is 0 Å². The van der Waals surface area contributed by atoms with Gasteiger partial charge in [0.25, 0.3) is 0 Å². The maximum Gasteiger partial charge on any atom is 0.407 e. The highest BCUT2D eigenvalue weighted by Gasteiger charge is 2.24. The number of nitrogens with one attached hydrogen (secondary N) is 1. The lowest BCUT2D eigenvalue weighted by atomic mass is 10.1. The van der Waals surface area contributed by atoms with E-state index in [1.54, 1.807) is 18.2 Å². The normalized spacial score (nSPS) is 20.4. The van der Waals surface area contributed by atoms with E-state index in [-0.39, 0.29) is 6.04 Å². The summed E-state index contributed by atoms with van der Waals surface area (Å²) < 4.78 is 4.76. The van der Waals surface area contributed by atoms with Crippen LogP contribution in [0, 0.1) is 0 Å². The van der Waals surface area contributed by atoms with E-state index in [2.05, 4.69) is 5.32 Å². The van der Waals surface area contributed by atoms with Crippen molar-refractivity contribution in [1.82, 2.24) is 5.32 Å². The summed E-state index contributed by atoms with van der Waals surface area (Å²) in [6.45, 7) is 0.315. The number of alkyl carbamates (subject to hydrolysis) is 1. The van der Waals surface area contributed by atoms with Crippen molar-refractivity contribution >= 4 is 29.3 Å². The van der Waals surface area contributed by atoms with Crippen molar-refractivity contribution in [2.45, 2.75) is 6.04 Å². The fraction of sp³-hybridized carbons (Fsp3) is 0.222. The number of amides is 1. The van der Waals surface area contributed by atoms with E-state index in [4.69, 9.17) is 27.9 Å². The van der Waals surface area contributed by atoms with Gasteiger partial charge in [-0.2, -0.15) is 0 Å². The molecule has 0 unspecified atom stereocenters. The summed E-state index contributed by atoms with van der Waals surface area (Å²) in [6, 6.07) is 5.00. The number of carbonyl (C=O) groups is 1. The fourth-order valence-electron chi connectivity index (χ4n) is 1.34. The molecule has 1 N–H and O–H groups in total. The van der Waals surface area contributed by atoms with Gasteiger partial charge in [0, 0.05) is 10.0 Å². The lowest BCUT2D eigenvalue weighted by molar-refractivity contribution is 0.177. The quantitative estimate of drug-likeness (QED) is 0.808. The molecule has 1 aliphatic rings. The van der Waals surface area contributed by atoms with Crippen LogP contribution >= 0.6 is 23.2 Å². The first kappa shape index (κ1) is 9.62. The SMILES string of the molecule is O=C1N[C@H](c2cc(Cl)cc(Cl)c2)CO1. The van der Waals surface area contributed by atoms with Gasteiger partial charge in [0.15, 0.2) is 0 Å². The summed E-state index contributed by atoms with van der Waals surface area (Å²) >= 11 is 11.7. The third-order valence-electron chi connectivity index (χ3n) is 1.96. The Kier molecular flexibility index (Phi) is 2.52. The molecule has 1 heterocycles. The Bertz CT molecular complexity index is 361. The fourth-order valence-corrected chi connectivity index (χ4v) is 1.88. The number of benzene rings is 1. The molecule has 14 heavy (non-hydrogen) atoms. The Morgan fingerprint density at radius 3 is 2.43 bits per heavy atom. The molecule has 0 bridgehead atoms. The monoisotopic (exact) mass is 231 g/mol. The number of hydrogen-bond acceptors (Lipinski definition) is 2. The molecule has 0 spiro atoms. The molecule has 1 amide bonds. The predicted molar refractivity (Wildman–Crippen MR) is 53.7 cm³/mol. The van der Waals surface area contributed by atoms with Crippen LogP contribution < -0.4 is 5.32 Å². The molecule has 0 saturated carbocycles. The molecule has 1 aromatic rings. The third kappa shape index (κ3) is 1.94. The van der Waals surface area contributed by atoms with Crippen molar-refractivity contribution in [2.75, 3.05) is 6.61 Å². The summed E-state index contributed by atoms with van der Waals surface area (Å²) in [4.78, 5) is 10.8. The second-order valence-electron chi connectivity index (χ2n) is 3.00. The molecule has 0 radical (unpaired) electrons. The van der Waals surface area contributed by atoms with Crippen molar-refractivity contribution < 1.29 is 9.53 Å². The third-order valence-corrected chi connectivity index (χ3v) is 2.40. The highest BCUT2D eigenvalue weighted by molar-refractivity contribution is 6.34. The van der Waals surface area contributed by atoms with E-state index in [1.165, 1.54) is 0 Å². The first-order valence-electron chi connectivity index (χ1n) is 4.04. The largest absolute Gasteiger partial charge is 0.447 e. The maximum atomic E-state index is 10.8. The lowest BCUT2D eigenvalue weighted by Gasteiger charge is -2.08. The molecule has 2 rings (SSSR count). The molecule has 1 fully saturated rings. The van der Waals surface area contributed by atoms with Gasteiger partial charge < -0.3 is 10.1 Å². The van der Waals surface area contributed by atoms with Crippen LogP contribution in [0.2, 0.25) is 10.0 Å².